The molecule has 2 saturated carbocycles. The number of ether oxygens (including phenoxy) is 1. The number of Topliss-reactive ketones (excluding diaryl/α,β-unsaturated/α-hetero) is 1. The normalized spacial score (nSPS) is 40.4. The van der Waals surface area contributed by atoms with E-state index >= 15 is 0 Å². The van der Waals surface area contributed by atoms with Gasteiger partial charge >= 0.3 is 0 Å². The lowest BCUT2D eigenvalue weighted by Gasteiger charge is -2.35. The third kappa shape index (κ3) is 1.31. The van der Waals surface area contributed by atoms with Crippen LogP contribution >= 0.6 is 0 Å². The lowest BCUT2D eigenvalue weighted by molar-refractivity contribution is -0.151. The smallest absolute Gasteiger partial charge is 0.164 e. The van der Waals surface area contributed by atoms with E-state index in [4.69, 9.17) is 4.74 Å². The van der Waals surface area contributed by atoms with Crippen molar-refractivity contribution in [1.29, 1.82) is 0 Å². The summed E-state index contributed by atoms with van der Waals surface area (Å²) in [5.41, 5.74) is -0.369. The molecule has 0 heterocycles. The van der Waals surface area contributed by atoms with E-state index in [-0.39, 0.29) is 5.60 Å². The summed E-state index contributed by atoms with van der Waals surface area (Å²) in [7, 11) is 0. The van der Waals surface area contributed by atoms with Gasteiger partial charge in [0.05, 0.1) is 0 Å². The topological polar surface area (TPSA) is 26.3 Å². The third-order valence-corrected chi connectivity index (χ3v) is 3.99. The molecule has 0 aromatic heterocycles. The SMILES string of the molecule is CCOC1(C(=O)CC)CC2CCC1C2. The number of hydrogen-bond donors (Lipinski definition) is 0. The monoisotopic (exact) mass is 196 g/mol. The summed E-state index contributed by atoms with van der Waals surface area (Å²) in [6, 6.07) is 0. The summed E-state index contributed by atoms with van der Waals surface area (Å²) in [4.78, 5) is 12.0. The maximum Gasteiger partial charge on any atom is 0.164 e. The zero-order valence-corrected chi connectivity index (χ0v) is 9.21. The van der Waals surface area contributed by atoms with Crippen molar-refractivity contribution in [2.75, 3.05) is 6.61 Å². The molecular weight excluding hydrogens is 176 g/mol. The van der Waals surface area contributed by atoms with Gasteiger partial charge in [0, 0.05) is 13.0 Å². The molecule has 0 amide bonds. The quantitative estimate of drug-likeness (QED) is 0.690. The van der Waals surface area contributed by atoms with Gasteiger partial charge in [-0.15, -0.1) is 0 Å². The Morgan fingerprint density at radius 2 is 2.21 bits per heavy atom. The Bertz CT molecular complexity index is 236. The summed E-state index contributed by atoms with van der Waals surface area (Å²) in [5.74, 6) is 1.63. The molecule has 0 radical (unpaired) electrons. The van der Waals surface area contributed by atoms with Crippen molar-refractivity contribution >= 4 is 5.78 Å². The van der Waals surface area contributed by atoms with Crippen LogP contribution in [0.2, 0.25) is 0 Å². The summed E-state index contributed by atoms with van der Waals surface area (Å²) >= 11 is 0. The number of carbonyl (C=O) groups excluding carboxylic acids is 1. The summed E-state index contributed by atoms with van der Waals surface area (Å²) < 4.78 is 5.83. The van der Waals surface area contributed by atoms with Gasteiger partial charge in [0.2, 0.25) is 0 Å². The molecular formula is C12H20O2. The average molecular weight is 196 g/mol. The second-order valence-corrected chi connectivity index (χ2v) is 4.68. The van der Waals surface area contributed by atoms with E-state index in [0.29, 0.717) is 24.7 Å². The lowest BCUT2D eigenvalue weighted by atomic mass is 9.80. The van der Waals surface area contributed by atoms with Crippen molar-refractivity contribution in [2.24, 2.45) is 11.8 Å². The minimum Gasteiger partial charge on any atom is -0.367 e. The lowest BCUT2D eigenvalue weighted by Crippen LogP contribution is -2.46. The standard InChI is InChI=1S/C12H20O2/c1-3-11(13)12(14-4-2)8-9-5-6-10(12)7-9/h9-10H,3-8H2,1-2H3. The first-order chi connectivity index (χ1) is 6.73. The van der Waals surface area contributed by atoms with E-state index in [0.717, 1.165) is 12.3 Å². The maximum absolute atomic E-state index is 12.0. The minimum absolute atomic E-state index is 0.339. The zero-order valence-electron chi connectivity index (χ0n) is 9.21. The maximum atomic E-state index is 12.0. The fraction of sp³-hybridized carbons (Fsp3) is 0.917. The Balaban J connectivity index is 2.19. The van der Waals surface area contributed by atoms with Gasteiger partial charge in [-0.1, -0.05) is 6.92 Å². The van der Waals surface area contributed by atoms with Crippen molar-refractivity contribution in [1.82, 2.24) is 0 Å². The fourth-order valence-corrected chi connectivity index (χ4v) is 3.43. The number of rotatable bonds is 4. The van der Waals surface area contributed by atoms with E-state index in [1.54, 1.807) is 0 Å². The fourth-order valence-electron chi connectivity index (χ4n) is 3.43. The van der Waals surface area contributed by atoms with Gasteiger partial charge < -0.3 is 4.74 Å². The molecule has 0 saturated heterocycles. The molecule has 3 unspecified atom stereocenters. The van der Waals surface area contributed by atoms with Crippen LogP contribution in [0.15, 0.2) is 0 Å². The van der Waals surface area contributed by atoms with Crippen LogP contribution in [-0.4, -0.2) is 18.0 Å². The van der Waals surface area contributed by atoms with Crippen molar-refractivity contribution in [2.45, 2.75) is 51.6 Å². The molecule has 80 valence electrons. The molecule has 2 fully saturated rings. The number of hydrogen-bond acceptors (Lipinski definition) is 2. The Labute approximate surface area is 86.0 Å². The van der Waals surface area contributed by atoms with Crippen LogP contribution in [0.25, 0.3) is 0 Å². The van der Waals surface area contributed by atoms with E-state index in [2.05, 4.69) is 0 Å². The summed E-state index contributed by atoms with van der Waals surface area (Å²) in [6.07, 6.45) is 5.38. The summed E-state index contributed by atoms with van der Waals surface area (Å²) in [6.45, 7) is 4.63. The minimum atomic E-state index is -0.369. The molecule has 0 aromatic carbocycles. The van der Waals surface area contributed by atoms with Crippen LogP contribution in [0.4, 0.5) is 0 Å². The molecule has 0 aromatic rings. The van der Waals surface area contributed by atoms with E-state index in [1.165, 1.54) is 19.3 Å². The Morgan fingerprint density at radius 1 is 1.43 bits per heavy atom. The molecule has 14 heavy (non-hydrogen) atoms. The van der Waals surface area contributed by atoms with Crippen LogP contribution in [0.3, 0.4) is 0 Å². The number of ketones is 1. The molecule has 2 aliphatic rings. The van der Waals surface area contributed by atoms with Gasteiger partial charge in [-0.3, -0.25) is 4.79 Å². The van der Waals surface area contributed by atoms with Crippen LogP contribution in [0.1, 0.15) is 46.0 Å². The Hall–Kier alpha value is -0.370. The van der Waals surface area contributed by atoms with Gasteiger partial charge in [0.25, 0.3) is 0 Å². The van der Waals surface area contributed by atoms with Crippen LogP contribution in [0, 0.1) is 11.8 Å². The average Bonchev–Trinajstić information content (AvgIpc) is 2.77. The highest BCUT2D eigenvalue weighted by atomic mass is 16.5. The van der Waals surface area contributed by atoms with Crippen LogP contribution in [-0.2, 0) is 9.53 Å². The Kier molecular flexibility index (Phi) is 2.65. The molecule has 0 spiro atoms. The van der Waals surface area contributed by atoms with Crippen molar-refractivity contribution in [3.05, 3.63) is 0 Å². The highest BCUT2D eigenvalue weighted by Crippen LogP contribution is 2.53. The van der Waals surface area contributed by atoms with Crippen molar-refractivity contribution in [3.63, 3.8) is 0 Å². The van der Waals surface area contributed by atoms with Gasteiger partial charge in [-0.25, -0.2) is 0 Å². The molecule has 3 atom stereocenters. The zero-order chi connectivity index (χ0) is 10.2. The number of fused-ring (bicyclic) bond motifs is 2. The van der Waals surface area contributed by atoms with Crippen LogP contribution in [0.5, 0.6) is 0 Å². The highest BCUT2D eigenvalue weighted by Gasteiger charge is 2.55. The van der Waals surface area contributed by atoms with Gasteiger partial charge in [0.15, 0.2) is 5.78 Å². The molecule has 2 heteroatoms. The van der Waals surface area contributed by atoms with Gasteiger partial charge in [-0.2, -0.15) is 0 Å². The predicted octanol–water partition coefficient (Wildman–Crippen LogP) is 2.56. The molecule has 2 nitrogen and oxygen atoms in total. The third-order valence-electron chi connectivity index (χ3n) is 3.99. The first kappa shape index (κ1) is 10.2. The second kappa shape index (κ2) is 3.65. The summed E-state index contributed by atoms with van der Waals surface area (Å²) in [5, 5.41) is 0. The molecule has 2 bridgehead atoms. The number of carbonyl (C=O) groups is 1. The Morgan fingerprint density at radius 3 is 2.64 bits per heavy atom. The first-order valence-electron chi connectivity index (χ1n) is 5.90. The second-order valence-electron chi connectivity index (χ2n) is 4.68. The van der Waals surface area contributed by atoms with E-state index < -0.39 is 0 Å². The van der Waals surface area contributed by atoms with E-state index in [1.807, 2.05) is 13.8 Å². The first-order valence-corrected chi connectivity index (χ1v) is 5.90. The van der Waals surface area contributed by atoms with Crippen molar-refractivity contribution < 1.29 is 9.53 Å². The van der Waals surface area contributed by atoms with Gasteiger partial charge in [-0.05, 0) is 44.4 Å². The molecule has 0 N–H and O–H groups in total. The van der Waals surface area contributed by atoms with E-state index in [9.17, 15) is 4.79 Å². The molecule has 0 aliphatic heterocycles. The van der Waals surface area contributed by atoms with Crippen LogP contribution < -0.4 is 0 Å². The largest absolute Gasteiger partial charge is 0.367 e. The highest BCUT2D eigenvalue weighted by molar-refractivity contribution is 5.88. The predicted molar refractivity (Wildman–Crippen MR) is 55.1 cm³/mol. The molecule has 2 rings (SSSR count). The molecule has 2 aliphatic carbocycles. The van der Waals surface area contributed by atoms with Crippen molar-refractivity contribution in [3.8, 4) is 0 Å². The van der Waals surface area contributed by atoms with Gasteiger partial charge in [0.1, 0.15) is 5.60 Å².